The third kappa shape index (κ3) is 2.98. The third-order valence-corrected chi connectivity index (χ3v) is 4.81. The molecule has 0 bridgehead atoms. The third-order valence-electron chi connectivity index (χ3n) is 4.81. The highest BCUT2D eigenvalue weighted by Crippen LogP contribution is 2.35. The van der Waals surface area contributed by atoms with Crippen LogP contribution in [-0.4, -0.2) is 30.1 Å². The lowest BCUT2D eigenvalue weighted by atomic mass is 9.85. The minimum Gasteiger partial charge on any atom is -0.488 e. The summed E-state index contributed by atoms with van der Waals surface area (Å²) < 4.78 is 6.40. The molecule has 2 atom stereocenters. The van der Waals surface area contributed by atoms with Crippen molar-refractivity contribution in [2.75, 3.05) is 13.1 Å². The van der Waals surface area contributed by atoms with Crippen LogP contribution in [0.15, 0.2) is 42.5 Å². The van der Waals surface area contributed by atoms with E-state index in [0.717, 1.165) is 25.3 Å². The van der Waals surface area contributed by atoms with Crippen LogP contribution in [0.5, 0.6) is 5.75 Å². The van der Waals surface area contributed by atoms with Gasteiger partial charge in [-0.05, 0) is 23.4 Å². The molecule has 3 rings (SSSR count). The van der Waals surface area contributed by atoms with Crippen LogP contribution < -0.4 is 4.74 Å². The summed E-state index contributed by atoms with van der Waals surface area (Å²) in [6, 6.07) is 15.4. The van der Waals surface area contributed by atoms with Crippen molar-refractivity contribution < 1.29 is 4.74 Å². The monoisotopic (exact) mass is 297 g/mol. The molecule has 0 aromatic heterocycles. The summed E-state index contributed by atoms with van der Waals surface area (Å²) in [6.45, 7) is 11.4. The molecular weight excluding hydrogens is 270 g/mol. The van der Waals surface area contributed by atoms with E-state index in [4.69, 9.17) is 4.74 Å². The van der Waals surface area contributed by atoms with Gasteiger partial charge in [0, 0.05) is 24.4 Å². The maximum Gasteiger partial charge on any atom is 0.127 e. The van der Waals surface area contributed by atoms with E-state index in [9.17, 15) is 0 Å². The van der Waals surface area contributed by atoms with Crippen molar-refractivity contribution in [3.63, 3.8) is 0 Å². The zero-order valence-electron chi connectivity index (χ0n) is 14.2. The maximum absolute atomic E-state index is 6.40. The largest absolute Gasteiger partial charge is 0.488 e. The number of hydrogen-bond donors (Lipinski definition) is 0. The average molecular weight is 297 g/mol. The molecule has 0 radical (unpaired) electrons. The predicted molar refractivity (Wildman–Crippen MR) is 93.5 cm³/mol. The molecule has 118 valence electrons. The number of hydrogen-bond acceptors (Lipinski definition) is 2. The highest BCUT2D eigenvalue weighted by Gasteiger charge is 2.39. The predicted octanol–water partition coefficient (Wildman–Crippen LogP) is 4.73. The molecule has 0 amide bonds. The number of rotatable bonds is 3. The Kier molecular flexibility index (Phi) is 4.14. The number of likely N-dealkylation sites (N-methyl/N-ethyl adjacent to an activating group) is 1. The van der Waals surface area contributed by atoms with Crippen LogP contribution in [0, 0.1) is 5.41 Å². The van der Waals surface area contributed by atoms with Crippen LogP contribution in [-0.2, 0) is 0 Å². The summed E-state index contributed by atoms with van der Waals surface area (Å²) in [7, 11) is 0. The molecule has 0 N–H and O–H groups in total. The second-order valence-corrected chi connectivity index (χ2v) is 7.42. The summed E-state index contributed by atoms with van der Waals surface area (Å²) in [4.78, 5) is 2.57. The minimum absolute atomic E-state index is 0.287. The molecule has 22 heavy (non-hydrogen) atoms. The quantitative estimate of drug-likeness (QED) is 0.812. The summed E-state index contributed by atoms with van der Waals surface area (Å²) in [5, 5.41) is 2.46. The molecule has 1 aliphatic heterocycles. The number of benzene rings is 2. The van der Waals surface area contributed by atoms with Crippen LogP contribution in [0.3, 0.4) is 0 Å². The van der Waals surface area contributed by atoms with Crippen LogP contribution in [0.2, 0.25) is 0 Å². The average Bonchev–Trinajstić information content (AvgIpc) is 2.91. The normalized spacial score (nSPS) is 23.1. The SMILES string of the molecule is CCN1CC(Oc2cccc3ccccc23)CC1C(C)(C)C. The first-order chi connectivity index (χ1) is 10.5. The Bertz CT molecular complexity index is 638. The van der Waals surface area contributed by atoms with Crippen molar-refractivity contribution in [2.45, 2.75) is 46.3 Å². The van der Waals surface area contributed by atoms with Crippen molar-refractivity contribution >= 4 is 10.8 Å². The molecular formula is C20H27NO. The molecule has 2 unspecified atom stereocenters. The number of fused-ring (bicyclic) bond motifs is 1. The van der Waals surface area contributed by atoms with Gasteiger partial charge < -0.3 is 4.74 Å². The summed E-state index contributed by atoms with van der Waals surface area (Å²) in [5.74, 6) is 1.02. The van der Waals surface area contributed by atoms with Crippen molar-refractivity contribution in [3.05, 3.63) is 42.5 Å². The van der Waals surface area contributed by atoms with Crippen LogP contribution in [0.4, 0.5) is 0 Å². The molecule has 0 aliphatic carbocycles. The van der Waals surface area contributed by atoms with Crippen molar-refractivity contribution in [3.8, 4) is 5.75 Å². The first kappa shape index (κ1) is 15.4. The van der Waals surface area contributed by atoms with E-state index >= 15 is 0 Å². The van der Waals surface area contributed by atoms with Gasteiger partial charge in [0.15, 0.2) is 0 Å². The van der Waals surface area contributed by atoms with E-state index < -0.39 is 0 Å². The lowest BCUT2D eigenvalue weighted by Crippen LogP contribution is -2.39. The Morgan fingerprint density at radius 3 is 2.50 bits per heavy atom. The Morgan fingerprint density at radius 1 is 1.09 bits per heavy atom. The van der Waals surface area contributed by atoms with Gasteiger partial charge in [-0.15, -0.1) is 0 Å². The van der Waals surface area contributed by atoms with E-state index in [0.29, 0.717) is 11.5 Å². The highest BCUT2D eigenvalue weighted by atomic mass is 16.5. The maximum atomic E-state index is 6.40. The fourth-order valence-corrected chi connectivity index (χ4v) is 3.68. The number of nitrogens with zero attached hydrogens (tertiary/aromatic N) is 1. The molecule has 0 saturated carbocycles. The minimum atomic E-state index is 0.287. The van der Waals surface area contributed by atoms with Gasteiger partial charge in [-0.25, -0.2) is 0 Å². The lowest BCUT2D eigenvalue weighted by Gasteiger charge is -2.33. The van der Waals surface area contributed by atoms with Crippen molar-refractivity contribution in [1.82, 2.24) is 4.90 Å². The van der Waals surface area contributed by atoms with Crippen molar-refractivity contribution in [2.24, 2.45) is 5.41 Å². The summed E-state index contributed by atoms with van der Waals surface area (Å²) >= 11 is 0. The zero-order valence-corrected chi connectivity index (χ0v) is 14.2. The molecule has 2 aromatic carbocycles. The topological polar surface area (TPSA) is 12.5 Å². The van der Waals surface area contributed by atoms with Gasteiger partial charge in [-0.2, -0.15) is 0 Å². The van der Waals surface area contributed by atoms with Gasteiger partial charge in [0.05, 0.1) is 0 Å². The Morgan fingerprint density at radius 2 is 1.82 bits per heavy atom. The molecule has 1 saturated heterocycles. The van der Waals surface area contributed by atoms with E-state index in [-0.39, 0.29) is 6.10 Å². The molecule has 1 fully saturated rings. The highest BCUT2D eigenvalue weighted by molar-refractivity contribution is 5.88. The fourth-order valence-electron chi connectivity index (χ4n) is 3.68. The first-order valence-electron chi connectivity index (χ1n) is 8.37. The molecule has 2 nitrogen and oxygen atoms in total. The Labute approximate surface area is 134 Å². The lowest BCUT2D eigenvalue weighted by molar-refractivity contribution is 0.147. The molecule has 1 heterocycles. The van der Waals surface area contributed by atoms with Crippen LogP contribution in [0.25, 0.3) is 10.8 Å². The van der Waals surface area contributed by atoms with Gasteiger partial charge in [0.1, 0.15) is 11.9 Å². The Hall–Kier alpha value is -1.54. The fraction of sp³-hybridized carbons (Fsp3) is 0.500. The second kappa shape index (κ2) is 5.92. The Balaban J connectivity index is 1.81. The standard InChI is InChI=1S/C20H27NO/c1-5-21-14-16(13-19(21)20(2,3)4)22-18-12-8-10-15-9-6-7-11-17(15)18/h6-12,16,19H,5,13-14H2,1-4H3. The van der Waals surface area contributed by atoms with E-state index in [2.05, 4.69) is 75.1 Å². The van der Waals surface area contributed by atoms with Gasteiger partial charge in [0.2, 0.25) is 0 Å². The van der Waals surface area contributed by atoms with Crippen LogP contribution in [0.1, 0.15) is 34.1 Å². The van der Waals surface area contributed by atoms with Gasteiger partial charge in [0.25, 0.3) is 0 Å². The van der Waals surface area contributed by atoms with Crippen molar-refractivity contribution in [1.29, 1.82) is 0 Å². The number of ether oxygens (including phenoxy) is 1. The second-order valence-electron chi connectivity index (χ2n) is 7.42. The van der Waals surface area contributed by atoms with Gasteiger partial charge in [-0.3, -0.25) is 4.90 Å². The first-order valence-corrected chi connectivity index (χ1v) is 8.37. The van der Waals surface area contributed by atoms with E-state index in [1.165, 1.54) is 10.8 Å². The summed E-state index contributed by atoms with van der Waals surface area (Å²) in [5.41, 5.74) is 0.298. The summed E-state index contributed by atoms with van der Waals surface area (Å²) in [6.07, 6.45) is 1.40. The molecule has 2 aromatic rings. The smallest absolute Gasteiger partial charge is 0.127 e. The van der Waals surface area contributed by atoms with Crippen LogP contribution >= 0.6 is 0 Å². The van der Waals surface area contributed by atoms with E-state index in [1.54, 1.807) is 0 Å². The molecule has 0 spiro atoms. The zero-order chi connectivity index (χ0) is 15.7. The van der Waals surface area contributed by atoms with Gasteiger partial charge in [-0.1, -0.05) is 64.1 Å². The molecule has 1 aliphatic rings. The molecule has 2 heteroatoms. The number of likely N-dealkylation sites (tertiary alicyclic amines) is 1. The van der Waals surface area contributed by atoms with Gasteiger partial charge >= 0.3 is 0 Å². The van der Waals surface area contributed by atoms with E-state index in [1.807, 2.05) is 0 Å².